The van der Waals surface area contributed by atoms with Crippen LogP contribution in [0, 0.1) is 0 Å². The van der Waals surface area contributed by atoms with Gasteiger partial charge < -0.3 is 9.67 Å². The van der Waals surface area contributed by atoms with Crippen molar-refractivity contribution in [1.82, 2.24) is 14.5 Å². The molecule has 15 heavy (non-hydrogen) atoms. The molecule has 0 amide bonds. The fourth-order valence-corrected chi connectivity index (χ4v) is 1.54. The van der Waals surface area contributed by atoms with E-state index < -0.39 is 6.10 Å². The van der Waals surface area contributed by atoms with Crippen LogP contribution in [0.5, 0.6) is 0 Å². The minimum atomic E-state index is -0.494. The molecule has 4 heteroatoms. The van der Waals surface area contributed by atoms with Gasteiger partial charge in [-0.1, -0.05) is 0 Å². The fourth-order valence-electron chi connectivity index (χ4n) is 1.54. The van der Waals surface area contributed by atoms with Gasteiger partial charge in [-0.3, -0.25) is 0 Å². The van der Waals surface area contributed by atoms with E-state index in [1.54, 1.807) is 19.4 Å². The van der Waals surface area contributed by atoms with Gasteiger partial charge in [-0.05, 0) is 26.8 Å². The van der Waals surface area contributed by atoms with Crippen molar-refractivity contribution >= 4 is 11.2 Å². The Labute approximate surface area is 88.6 Å². The molecule has 0 aliphatic heterocycles. The first kappa shape index (κ1) is 10.1. The van der Waals surface area contributed by atoms with Crippen molar-refractivity contribution in [2.45, 2.75) is 32.9 Å². The lowest BCUT2D eigenvalue weighted by atomic mass is 10.2. The zero-order valence-corrected chi connectivity index (χ0v) is 9.18. The molecular formula is C11H15N3O. The predicted molar refractivity (Wildman–Crippen MR) is 58.5 cm³/mol. The van der Waals surface area contributed by atoms with E-state index in [0.717, 1.165) is 16.7 Å². The first-order valence-electron chi connectivity index (χ1n) is 5.10. The van der Waals surface area contributed by atoms with Gasteiger partial charge in [-0.25, -0.2) is 9.97 Å². The van der Waals surface area contributed by atoms with Crippen molar-refractivity contribution in [3.63, 3.8) is 0 Å². The molecule has 0 aliphatic carbocycles. The van der Waals surface area contributed by atoms with Crippen LogP contribution in [-0.2, 0) is 0 Å². The SMILES string of the molecule is CC(O)c1cnc2c(c1)ncn2C(C)C. The van der Waals surface area contributed by atoms with E-state index in [2.05, 4.69) is 23.8 Å². The Morgan fingerprint density at radius 3 is 2.60 bits per heavy atom. The number of aliphatic hydroxyl groups excluding tert-OH is 1. The summed E-state index contributed by atoms with van der Waals surface area (Å²) >= 11 is 0. The summed E-state index contributed by atoms with van der Waals surface area (Å²) in [6, 6.07) is 2.23. The van der Waals surface area contributed by atoms with E-state index in [-0.39, 0.29) is 0 Å². The summed E-state index contributed by atoms with van der Waals surface area (Å²) in [5.41, 5.74) is 2.51. The molecule has 0 fully saturated rings. The van der Waals surface area contributed by atoms with Crippen molar-refractivity contribution in [3.05, 3.63) is 24.2 Å². The molecule has 0 saturated heterocycles. The Morgan fingerprint density at radius 1 is 1.27 bits per heavy atom. The third-order valence-corrected chi connectivity index (χ3v) is 2.47. The van der Waals surface area contributed by atoms with Gasteiger partial charge in [-0.15, -0.1) is 0 Å². The molecule has 4 nitrogen and oxygen atoms in total. The molecule has 2 heterocycles. The Kier molecular flexibility index (Phi) is 2.44. The van der Waals surface area contributed by atoms with Gasteiger partial charge in [-0.2, -0.15) is 0 Å². The maximum Gasteiger partial charge on any atom is 0.160 e. The van der Waals surface area contributed by atoms with Crippen LogP contribution in [0.3, 0.4) is 0 Å². The largest absolute Gasteiger partial charge is 0.389 e. The van der Waals surface area contributed by atoms with E-state index in [0.29, 0.717) is 6.04 Å². The molecular weight excluding hydrogens is 190 g/mol. The zero-order valence-electron chi connectivity index (χ0n) is 9.18. The molecule has 0 radical (unpaired) electrons. The number of imidazole rings is 1. The van der Waals surface area contributed by atoms with Gasteiger partial charge in [0.15, 0.2) is 5.65 Å². The average Bonchev–Trinajstić information content (AvgIpc) is 2.59. The Morgan fingerprint density at radius 2 is 2.00 bits per heavy atom. The number of fused-ring (bicyclic) bond motifs is 1. The number of hydrogen-bond donors (Lipinski definition) is 1. The van der Waals surface area contributed by atoms with Gasteiger partial charge in [0, 0.05) is 17.8 Å². The van der Waals surface area contributed by atoms with Crippen LogP contribution in [0.25, 0.3) is 11.2 Å². The van der Waals surface area contributed by atoms with Crippen molar-refractivity contribution < 1.29 is 5.11 Å². The molecule has 2 aromatic rings. The fraction of sp³-hybridized carbons (Fsp3) is 0.455. The summed E-state index contributed by atoms with van der Waals surface area (Å²) in [5, 5.41) is 9.42. The van der Waals surface area contributed by atoms with E-state index in [4.69, 9.17) is 0 Å². The lowest BCUT2D eigenvalue weighted by Crippen LogP contribution is -2.00. The molecule has 1 N–H and O–H groups in total. The second kappa shape index (κ2) is 3.62. The molecule has 0 bridgehead atoms. The van der Waals surface area contributed by atoms with Crippen LogP contribution in [-0.4, -0.2) is 19.6 Å². The maximum absolute atomic E-state index is 9.42. The Bertz CT molecular complexity index is 474. The number of aliphatic hydroxyl groups is 1. The molecule has 0 saturated carbocycles. The third-order valence-electron chi connectivity index (χ3n) is 2.47. The topological polar surface area (TPSA) is 50.9 Å². The molecule has 1 unspecified atom stereocenters. The van der Waals surface area contributed by atoms with Crippen LogP contribution >= 0.6 is 0 Å². The number of nitrogens with zero attached hydrogens (tertiary/aromatic N) is 3. The number of hydrogen-bond acceptors (Lipinski definition) is 3. The van der Waals surface area contributed by atoms with Crippen molar-refractivity contribution in [1.29, 1.82) is 0 Å². The molecule has 80 valence electrons. The molecule has 0 aromatic carbocycles. The highest BCUT2D eigenvalue weighted by molar-refractivity contribution is 5.71. The maximum atomic E-state index is 9.42. The predicted octanol–water partition coefficient (Wildman–Crippen LogP) is 2.07. The summed E-state index contributed by atoms with van der Waals surface area (Å²) in [6.07, 6.45) is 2.99. The van der Waals surface area contributed by atoms with Crippen molar-refractivity contribution in [3.8, 4) is 0 Å². The lowest BCUT2D eigenvalue weighted by Gasteiger charge is -2.07. The third kappa shape index (κ3) is 1.72. The van der Waals surface area contributed by atoms with Gasteiger partial charge in [0.1, 0.15) is 5.52 Å². The van der Waals surface area contributed by atoms with E-state index in [9.17, 15) is 5.11 Å². The Hall–Kier alpha value is -1.42. The average molecular weight is 205 g/mol. The van der Waals surface area contributed by atoms with Crippen molar-refractivity contribution in [2.24, 2.45) is 0 Å². The Balaban J connectivity index is 2.57. The smallest absolute Gasteiger partial charge is 0.160 e. The van der Waals surface area contributed by atoms with Gasteiger partial charge in [0.2, 0.25) is 0 Å². The first-order valence-corrected chi connectivity index (χ1v) is 5.10. The number of rotatable bonds is 2. The summed E-state index contributed by atoms with van der Waals surface area (Å²) in [4.78, 5) is 8.60. The van der Waals surface area contributed by atoms with Crippen LogP contribution < -0.4 is 0 Å². The van der Waals surface area contributed by atoms with Gasteiger partial charge in [0.05, 0.1) is 12.4 Å². The molecule has 0 spiro atoms. The summed E-state index contributed by atoms with van der Waals surface area (Å²) in [5.74, 6) is 0. The minimum absolute atomic E-state index is 0.347. The van der Waals surface area contributed by atoms with Crippen LogP contribution in [0.1, 0.15) is 38.5 Å². The molecule has 2 rings (SSSR count). The van der Waals surface area contributed by atoms with Crippen LogP contribution in [0.15, 0.2) is 18.6 Å². The normalized spacial score (nSPS) is 13.7. The van der Waals surface area contributed by atoms with Crippen LogP contribution in [0.2, 0.25) is 0 Å². The molecule has 0 aliphatic rings. The highest BCUT2D eigenvalue weighted by atomic mass is 16.3. The van der Waals surface area contributed by atoms with E-state index >= 15 is 0 Å². The standard InChI is InChI=1S/C11H15N3O/c1-7(2)14-6-13-10-4-9(8(3)15)5-12-11(10)14/h4-8,15H,1-3H3. The quantitative estimate of drug-likeness (QED) is 0.816. The molecule has 2 aromatic heterocycles. The first-order chi connectivity index (χ1) is 7.09. The highest BCUT2D eigenvalue weighted by Crippen LogP contribution is 2.19. The second-order valence-corrected chi connectivity index (χ2v) is 4.03. The lowest BCUT2D eigenvalue weighted by molar-refractivity contribution is 0.199. The van der Waals surface area contributed by atoms with Crippen LogP contribution in [0.4, 0.5) is 0 Å². The van der Waals surface area contributed by atoms with Crippen molar-refractivity contribution in [2.75, 3.05) is 0 Å². The molecule has 1 atom stereocenters. The summed E-state index contributed by atoms with van der Waals surface area (Å²) in [6.45, 7) is 5.90. The van der Waals surface area contributed by atoms with E-state index in [1.165, 1.54) is 0 Å². The number of aromatic nitrogens is 3. The zero-order chi connectivity index (χ0) is 11.0. The van der Waals surface area contributed by atoms with Gasteiger partial charge in [0.25, 0.3) is 0 Å². The summed E-state index contributed by atoms with van der Waals surface area (Å²) < 4.78 is 2.02. The number of pyridine rings is 1. The highest BCUT2D eigenvalue weighted by Gasteiger charge is 2.09. The van der Waals surface area contributed by atoms with E-state index in [1.807, 2.05) is 10.6 Å². The van der Waals surface area contributed by atoms with Gasteiger partial charge >= 0.3 is 0 Å². The second-order valence-electron chi connectivity index (χ2n) is 4.03. The summed E-state index contributed by atoms with van der Waals surface area (Å²) in [7, 11) is 0. The monoisotopic (exact) mass is 205 g/mol. The minimum Gasteiger partial charge on any atom is -0.389 e.